The molecular weight excluding hydrogens is 268 g/mol. The van der Waals surface area contributed by atoms with Crippen LogP contribution in [-0.4, -0.2) is 34.4 Å². The number of hydrogen-bond acceptors (Lipinski definition) is 6. The maximum Gasteiger partial charge on any atom is 0.263 e. The van der Waals surface area contributed by atoms with Crippen LogP contribution in [0.1, 0.15) is 16.1 Å². The molecule has 0 aliphatic rings. The van der Waals surface area contributed by atoms with Crippen molar-refractivity contribution in [2.45, 2.75) is 6.42 Å². The molecule has 0 spiro atoms. The maximum absolute atomic E-state index is 12.0. The van der Waals surface area contributed by atoms with Gasteiger partial charge in [0.15, 0.2) is 0 Å². The Morgan fingerprint density at radius 3 is 3.00 bits per heavy atom. The zero-order valence-electron chi connectivity index (χ0n) is 9.97. The van der Waals surface area contributed by atoms with Gasteiger partial charge in [0.05, 0.1) is 5.69 Å². The minimum Gasteiger partial charge on any atom is -0.396 e. The van der Waals surface area contributed by atoms with Gasteiger partial charge in [0.2, 0.25) is 0 Å². The van der Waals surface area contributed by atoms with Crippen LogP contribution >= 0.6 is 23.1 Å². The van der Waals surface area contributed by atoms with Crippen LogP contribution in [0.2, 0.25) is 0 Å². The summed E-state index contributed by atoms with van der Waals surface area (Å²) in [6, 6.07) is 0. The van der Waals surface area contributed by atoms with Crippen LogP contribution in [0.3, 0.4) is 0 Å². The monoisotopic (exact) mass is 282 g/mol. The van der Waals surface area contributed by atoms with Crippen molar-refractivity contribution in [1.82, 2.24) is 15.3 Å². The van der Waals surface area contributed by atoms with Crippen molar-refractivity contribution < 1.29 is 4.79 Å². The molecule has 0 saturated heterocycles. The number of aromatic nitrogens is 2. The molecule has 0 radical (unpaired) electrons. The van der Waals surface area contributed by atoms with Crippen LogP contribution in [-0.2, 0) is 0 Å². The third-order valence-corrected chi connectivity index (χ3v) is 4.18. The number of thioether (sulfide) groups is 1. The Kier molecular flexibility index (Phi) is 4.38. The molecule has 0 atom stereocenters. The van der Waals surface area contributed by atoms with Crippen molar-refractivity contribution >= 4 is 45.0 Å². The Hall–Kier alpha value is -1.34. The lowest BCUT2D eigenvalue weighted by atomic mass is 10.3. The van der Waals surface area contributed by atoms with Crippen molar-refractivity contribution in [3.05, 3.63) is 17.3 Å². The van der Waals surface area contributed by atoms with Gasteiger partial charge in [-0.15, -0.1) is 11.3 Å². The van der Waals surface area contributed by atoms with E-state index < -0.39 is 0 Å². The number of rotatable bonds is 5. The number of fused-ring (bicyclic) bond motifs is 1. The fraction of sp³-hybridized carbons (Fsp3) is 0.364. The van der Waals surface area contributed by atoms with Gasteiger partial charge in [0.1, 0.15) is 15.2 Å². The molecule has 2 rings (SSSR count). The number of amides is 1. The second kappa shape index (κ2) is 6.01. The maximum atomic E-state index is 12.0. The average molecular weight is 282 g/mol. The van der Waals surface area contributed by atoms with E-state index in [2.05, 4.69) is 15.3 Å². The van der Waals surface area contributed by atoms with E-state index in [4.69, 9.17) is 5.73 Å². The highest BCUT2D eigenvalue weighted by atomic mass is 32.2. The molecule has 5 nitrogen and oxygen atoms in total. The molecule has 96 valence electrons. The molecule has 0 saturated carbocycles. The van der Waals surface area contributed by atoms with Gasteiger partial charge >= 0.3 is 0 Å². The number of carbonyl (C=O) groups excluding carboxylic acids is 1. The highest BCUT2D eigenvalue weighted by molar-refractivity contribution is 7.98. The van der Waals surface area contributed by atoms with Crippen molar-refractivity contribution in [3.63, 3.8) is 0 Å². The molecule has 1 amide bonds. The first-order chi connectivity index (χ1) is 8.74. The van der Waals surface area contributed by atoms with E-state index in [9.17, 15) is 4.79 Å². The molecule has 2 heterocycles. The van der Waals surface area contributed by atoms with Gasteiger partial charge in [0, 0.05) is 18.9 Å². The molecule has 0 fully saturated rings. The molecule has 0 aliphatic carbocycles. The lowest BCUT2D eigenvalue weighted by Gasteiger charge is -2.02. The summed E-state index contributed by atoms with van der Waals surface area (Å²) in [4.78, 5) is 21.4. The number of nitrogen functional groups attached to an aromatic ring is 1. The first-order valence-corrected chi connectivity index (χ1v) is 7.71. The van der Waals surface area contributed by atoms with E-state index in [0.717, 1.165) is 12.2 Å². The smallest absolute Gasteiger partial charge is 0.263 e. The van der Waals surface area contributed by atoms with E-state index in [1.54, 1.807) is 24.2 Å². The van der Waals surface area contributed by atoms with E-state index in [0.29, 0.717) is 27.5 Å². The van der Waals surface area contributed by atoms with Gasteiger partial charge in [-0.1, -0.05) is 0 Å². The topological polar surface area (TPSA) is 80.9 Å². The number of nitrogens with two attached hydrogens (primary N) is 1. The number of hydrogen-bond donors (Lipinski definition) is 2. The Labute approximate surface area is 113 Å². The van der Waals surface area contributed by atoms with Crippen molar-refractivity contribution in [1.29, 1.82) is 0 Å². The predicted octanol–water partition coefficient (Wildman–Crippen LogP) is 1.76. The summed E-state index contributed by atoms with van der Waals surface area (Å²) in [5.41, 5.74) is 6.94. The molecule has 0 unspecified atom stereocenters. The Morgan fingerprint density at radius 1 is 1.50 bits per heavy atom. The quantitative estimate of drug-likeness (QED) is 0.817. The Morgan fingerprint density at radius 2 is 2.28 bits per heavy atom. The summed E-state index contributed by atoms with van der Waals surface area (Å²) < 4.78 is 0. The van der Waals surface area contributed by atoms with E-state index in [1.165, 1.54) is 11.3 Å². The van der Waals surface area contributed by atoms with Crippen LogP contribution in [0.25, 0.3) is 10.3 Å². The molecule has 0 aromatic carbocycles. The molecule has 18 heavy (non-hydrogen) atoms. The fourth-order valence-corrected chi connectivity index (χ4v) is 2.88. The van der Waals surface area contributed by atoms with Gasteiger partial charge in [-0.25, -0.2) is 9.97 Å². The zero-order valence-corrected chi connectivity index (χ0v) is 11.6. The molecular formula is C11H14N4OS2. The van der Waals surface area contributed by atoms with Gasteiger partial charge in [-0.3, -0.25) is 4.79 Å². The number of carbonyl (C=O) groups is 1. The van der Waals surface area contributed by atoms with Crippen LogP contribution in [0.4, 0.5) is 5.69 Å². The summed E-state index contributed by atoms with van der Waals surface area (Å²) in [5, 5.41) is 2.86. The normalized spacial score (nSPS) is 10.7. The summed E-state index contributed by atoms with van der Waals surface area (Å²) in [7, 11) is 0. The second-order valence-electron chi connectivity index (χ2n) is 3.66. The minimum absolute atomic E-state index is 0.140. The highest BCUT2D eigenvalue weighted by Crippen LogP contribution is 2.30. The molecule has 2 aromatic heterocycles. The lowest BCUT2D eigenvalue weighted by Crippen LogP contribution is -2.24. The molecule has 2 aromatic rings. The number of nitrogens with zero attached hydrogens (tertiary/aromatic N) is 2. The number of nitrogens with one attached hydrogen (secondary N) is 1. The first-order valence-electron chi connectivity index (χ1n) is 5.50. The van der Waals surface area contributed by atoms with Crippen molar-refractivity contribution in [3.8, 4) is 0 Å². The number of anilines is 1. The predicted molar refractivity (Wildman–Crippen MR) is 77.2 cm³/mol. The standard InChI is InChI=1S/C11H14N4OS2/c1-17-6-2-3-14-10(16)9-7(12)8-11(18-9)15-5-4-13-8/h4-5H,2-3,6,12H2,1H3,(H,14,16). The van der Waals surface area contributed by atoms with Gasteiger partial charge < -0.3 is 11.1 Å². The summed E-state index contributed by atoms with van der Waals surface area (Å²) in [6.07, 6.45) is 6.17. The third-order valence-electron chi connectivity index (χ3n) is 2.38. The number of thiophene rings is 1. The average Bonchev–Trinajstić information content (AvgIpc) is 2.73. The van der Waals surface area contributed by atoms with Gasteiger partial charge in [0.25, 0.3) is 5.91 Å². The van der Waals surface area contributed by atoms with E-state index in [-0.39, 0.29) is 5.91 Å². The van der Waals surface area contributed by atoms with Crippen LogP contribution in [0, 0.1) is 0 Å². The summed E-state index contributed by atoms with van der Waals surface area (Å²) in [5.74, 6) is 0.893. The molecule has 0 bridgehead atoms. The van der Waals surface area contributed by atoms with Gasteiger partial charge in [-0.05, 0) is 18.4 Å². The summed E-state index contributed by atoms with van der Waals surface area (Å²) in [6.45, 7) is 0.661. The first kappa shape index (κ1) is 13.1. The second-order valence-corrected chi connectivity index (χ2v) is 5.64. The Balaban J connectivity index is 2.10. The highest BCUT2D eigenvalue weighted by Gasteiger charge is 2.17. The molecule has 7 heteroatoms. The van der Waals surface area contributed by atoms with Crippen LogP contribution in [0.5, 0.6) is 0 Å². The van der Waals surface area contributed by atoms with Crippen LogP contribution < -0.4 is 11.1 Å². The van der Waals surface area contributed by atoms with Crippen molar-refractivity contribution in [2.75, 3.05) is 24.3 Å². The van der Waals surface area contributed by atoms with Gasteiger partial charge in [-0.2, -0.15) is 11.8 Å². The van der Waals surface area contributed by atoms with E-state index in [1.807, 2.05) is 6.26 Å². The molecule has 0 aliphatic heterocycles. The van der Waals surface area contributed by atoms with Crippen molar-refractivity contribution in [2.24, 2.45) is 0 Å². The minimum atomic E-state index is -0.140. The lowest BCUT2D eigenvalue weighted by molar-refractivity contribution is 0.0958. The third kappa shape index (κ3) is 2.73. The molecule has 3 N–H and O–H groups in total. The SMILES string of the molecule is CSCCCNC(=O)c1sc2nccnc2c1N. The van der Waals surface area contributed by atoms with E-state index >= 15 is 0 Å². The summed E-state index contributed by atoms with van der Waals surface area (Å²) >= 11 is 3.04. The van der Waals surface area contributed by atoms with Crippen LogP contribution in [0.15, 0.2) is 12.4 Å². The fourth-order valence-electron chi connectivity index (χ4n) is 1.51. The Bertz CT molecular complexity index is 555. The largest absolute Gasteiger partial charge is 0.396 e. The zero-order chi connectivity index (χ0) is 13.0.